The maximum atomic E-state index is 11.3. The van der Waals surface area contributed by atoms with Crippen molar-refractivity contribution in [3.63, 3.8) is 0 Å². The van der Waals surface area contributed by atoms with Crippen LogP contribution in [0, 0.1) is 11.3 Å². The van der Waals surface area contributed by atoms with Crippen molar-refractivity contribution in [3.8, 4) is 6.07 Å². The molecular formula is C12H16N4O. The Morgan fingerprint density at radius 2 is 2.24 bits per heavy atom. The van der Waals surface area contributed by atoms with Crippen molar-refractivity contribution in [2.45, 2.75) is 6.42 Å². The molecule has 0 unspecified atom stereocenters. The largest absolute Gasteiger partial charge is 0.397 e. The van der Waals surface area contributed by atoms with Crippen molar-refractivity contribution < 1.29 is 4.79 Å². The Bertz CT molecular complexity index is 448. The first kappa shape index (κ1) is 12.8. The van der Waals surface area contributed by atoms with Crippen molar-refractivity contribution in [1.29, 1.82) is 5.26 Å². The number of nitrogens with one attached hydrogen (secondary N) is 1. The minimum absolute atomic E-state index is 0.0599. The molecule has 0 spiro atoms. The van der Waals surface area contributed by atoms with E-state index in [1.165, 1.54) is 0 Å². The number of hydrogen-bond donors (Lipinski definition) is 2. The number of nitrogens with two attached hydrogens (primary N) is 1. The third-order valence-electron chi connectivity index (χ3n) is 2.33. The van der Waals surface area contributed by atoms with Crippen LogP contribution in [0.2, 0.25) is 0 Å². The monoisotopic (exact) mass is 232 g/mol. The Labute approximate surface area is 101 Å². The SMILES string of the molecule is CN(C)C(=O)CCNc1ccc(C#N)cc1N. The lowest BCUT2D eigenvalue weighted by atomic mass is 10.2. The molecule has 0 saturated heterocycles. The van der Waals surface area contributed by atoms with Gasteiger partial charge in [0.1, 0.15) is 0 Å². The zero-order valence-corrected chi connectivity index (χ0v) is 10.0. The number of carbonyl (C=O) groups is 1. The smallest absolute Gasteiger partial charge is 0.223 e. The number of hydrogen-bond acceptors (Lipinski definition) is 4. The highest BCUT2D eigenvalue weighted by atomic mass is 16.2. The molecule has 90 valence electrons. The van der Waals surface area contributed by atoms with Crippen molar-refractivity contribution >= 4 is 17.3 Å². The Balaban J connectivity index is 2.53. The average Bonchev–Trinajstić information content (AvgIpc) is 2.30. The van der Waals surface area contributed by atoms with Crippen molar-refractivity contribution in [1.82, 2.24) is 4.90 Å². The second-order valence-corrected chi connectivity index (χ2v) is 3.88. The van der Waals surface area contributed by atoms with Gasteiger partial charge >= 0.3 is 0 Å². The van der Waals surface area contributed by atoms with E-state index in [1.807, 2.05) is 6.07 Å². The van der Waals surface area contributed by atoms with Gasteiger partial charge in [-0.15, -0.1) is 0 Å². The predicted octanol–water partition coefficient (Wildman–Crippen LogP) is 1.03. The van der Waals surface area contributed by atoms with Gasteiger partial charge in [0.05, 0.1) is 23.0 Å². The molecule has 17 heavy (non-hydrogen) atoms. The summed E-state index contributed by atoms with van der Waals surface area (Å²) in [6.07, 6.45) is 0.409. The first-order valence-corrected chi connectivity index (χ1v) is 5.28. The molecule has 0 aliphatic carbocycles. The van der Waals surface area contributed by atoms with E-state index in [0.717, 1.165) is 5.69 Å². The standard InChI is InChI=1S/C12H16N4O/c1-16(2)12(17)5-6-15-11-4-3-9(8-13)7-10(11)14/h3-4,7,15H,5-6,14H2,1-2H3. The van der Waals surface area contributed by atoms with E-state index in [2.05, 4.69) is 5.32 Å². The number of nitrogens with zero attached hydrogens (tertiary/aromatic N) is 2. The molecule has 1 aromatic rings. The first-order valence-electron chi connectivity index (χ1n) is 5.28. The van der Waals surface area contributed by atoms with Gasteiger partial charge < -0.3 is 16.0 Å². The molecule has 0 aliphatic rings. The molecule has 0 bridgehead atoms. The molecule has 1 aromatic carbocycles. The fourth-order valence-corrected chi connectivity index (χ4v) is 1.32. The summed E-state index contributed by atoms with van der Waals surface area (Å²) in [6, 6.07) is 7.05. The quantitative estimate of drug-likeness (QED) is 0.760. The lowest BCUT2D eigenvalue weighted by molar-refractivity contribution is -0.128. The van der Waals surface area contributed by atoms with Crippen molar-refractivity contribution in [2.24, 2.45) is 0 Å². The van der Waals surface area contributed by atoms with Gasteiger partial charge in [0.25, 0.3) is 0 Å². The van der Waals surface area contributed by atoms with Crippen LogP contribution in [-0.4, -0.2) is 31.4 Å². The summed E-state index contributed by atoms with van der Waals surface area (Å²) in [5, 5.41) is 11.8. The first-order chi connectivity index (χ1) is 8.04. The molecule has 0 radical (unpaired) electrons. The fourth-order valence-electron chi connectivity index (χ4n) is 1.32. The van der Waals surface area contributed by atoms with E-state index >= 15 is 0 Å². The van der Waals surface area contributed by atoms with Crippen molar-refractivity contribution in [3.05, 3.63) is 23.8 Å². The number of nitriles is 1. The van der Waals surface area contributed by atoms with E-state index in [-0.39, 0.29) is 5.91 Å². The minimum atomic E-state index is 0.0599. The molecule has 0 saturated carbocycles. The highest BCUT2D eigenvalue weighted by molar-refractivity contribution is 5.76. The predicted molar refractivity (Wildman–Crippen MR) is 67.4 cm³/mol. The highest BCUT2D eigenvalue weighted by Crippen LogP contribution is 2.19. The summed E-state index contributed by atoms with van der Waals surface area (Å²) in [5.74, 6) is 0.0599. The summed E-state index contributed by atoms with van der Waals surface area (Å²) in [7, 11) is 3.44. The van der Waals surface area contributed by atoms with Crippen LogP contribution in [-0.2, 0) is 4.79 Å². The second-order valence-electron chi connectivity index (χ2n) is 3.88. The highest BCUT2D eigenvalue weighted by Gasteiger charge is 2.04. The van der Waals surface area contributed by atoms with Crippen LogP contribution in [0.4, 0.5) is 11.4 Å². The molecule has 1 rings (SSSR count). The Hall–Kier alpha value is -2.22. The van der Waals surface area contributed by atoms with E-state index in [0.29, 0.717) is 24.2 Å². The van der Waals surface area contributed by atoms with Crippen LogP contribution >= 0.6 is 0 Å². The van der Waals surface area contributed by atoms with Crippen molar-refractivity contribution in [2.75, 3.05) is 31.7 Å². The Kier molecular flexibility index (Phi) is 4.35. The second kappa shape index (κ2) is 5.75. The van der Waals surface area contributed by atoms with Crippen LogP contribution in [0.25, 0.3) is 0 Å². The van der Waals surface area contributed by atoms with Crippen LogP contribution < -0.4 is 11.1 Å². The van der Waals surface area contributed by atoms with Gasteiger partial charge in [-0.05, 0) is 18.2 Å². The summed E-state index contributed by atoms with van der Waals surface area (Å²) in [6.45, 7) is 0.521. The number of carbonyl (C=O) groups excluding carboxylic acids is 1. The van der Waals surface area contributed by atoms with Gasteiger partial charge in [0.15, 0.2) is 0 Å². The van der Waals surface area contributed by atoms with E-state index in [4.69, 9.17) is 11.0 Å². The van der Waals surface area contributed by atoms with E-state index in [1.54, 1.807) is 37.2 Å². The van der Waals surface area contributed by atoms with Crippen LogP contribution in [0.5, 0.6) is 0 Å². The lowest BCUT2D eigenvalue weighted by Crippen LogP contribution is -2.24. The molecule has 5 nitrogen and oxygen atoms in total. The molecular weight excluding hydrogens is 216 g/mol. The zero-order chi connectivity index (χ0) is 12.8. The molecule has 0 aliphatic heterocycles. The van der Waals surface area contributed by atoms with Crippen LogP contribution in [0.3, 0.4) is 0 Å². The summed E-state index contributed by atoms with van der Waals surface area (Å²) >= 11 is 0. The van der Waals surface area contributed by atoms with Crippen LogP contribution in [0.1, 0.15) is 12.0 Å². The van der Waals surface area contributed by atoms with E-state index < -0.39 is 0 Å². The summed E-state index contributed by atoms with van der Waals surface area (Å²) < 4.78 is 0. The third-order valence-corrected chi connectivity index (χ3v) is 2.33. The number of anilines is 2. The van der Waals surface area contributed by atoms with Crippen LogP contribution in [0.15, 0.2) is 18.2 Å². The Morgan fingerprint density at radius 3 is 2.76 bits per heavy atom. The Morgan fingerprint density at radius 1 is 1.53 bits per heavy atom. The average molecular weight is 232 g/mol. The molecule has 0 heterocycles. The zero-order valence-electron chi connectivity index (χ0n) is 10.0. The number of amides is 1. The third kappa shape index (κ3) is 3.68. The van der Waals surface area contributed by atoms with Gasteiger partial charge in [-0.1, -0.05) is 0 Å². The van der Waals surface area contributed by atoms with Gasteiger partial charge in [-0.2, -0.15) is 5.26 Å². The minimum Gasteiger partial charge on any atom is -0.397 e. The maximum absolute atomic E-state index is 11.3. The number of rotatable bonds is 4. The maximum Gasteiger partial charge on any atom is 0.223 e. The molecule has 5 heteroatoms. The fraction of sp³-hybridized carbons (Fsp3) is 0.333. The topological polar surface area (TPSA) is 82.2 Å². The van der Waals surface area contributed by atoms with Gasteiger partial charge in [-0.3, -0.25) is 4.79 Å². The number of benzene rings is 1. The molecule has 0 aromatic heterocycles. The van der Waals surface area contributed by atoms with E-state index in [9.17, 15) is 4.79 Å². The lowest BCUT2D eigenvalue weighted by Gasteiger charge is -2.12. The normalized spacial score (nSPS) is 9.47. The number of nitrogen functional groups attached to an aromatic ring is 1. The van der Waals surface area contributed by atoms with Gasteiger partial charge in [-0.25, -0.2) is 0 Å². The van der Waals surface area contributed by atoms with Gasteiger partial charge in [0.2, 0.25) is 5.91 Å². The van der Waals surface area contributed by atoms with Gasteiger partial charge in [0, 0.05) is 27.1 Å². The molecule has 0 fully saturated rings. The summed E-state index contributed by atoms with van der Waals surface area (Å²) in [4.78, 5) is 12.9. The molecule has 1 amide bonds. The molecule has 3 N–H and O–H groups in total. The molecule has 0 atom stereocenters. The summed E-state index contributed by atoms with van der Waals surface area (Å²) in [5.41, 5.74) is 7.55.